The quantitative estimate of drug-likeness (QED) is 0.0261. The van der Waals surface area contributed by atoms with Crippen LogP contribution in [0.5, 0.6) is 0 Å². The lowest BCUT2D eigenvalue weighted by Crippen LogP contribution is -2.60. The van der Waals surface area contributed by atoms with Gasteiger partial charge in [-0.25, -0.2) is 0 Å². The fourth-order valence-corrected chi connectivity index (χ4v) is 10.1. The van der Waals surface area contributed by atoms with E-state index < -0.39 is 49.5 Å². The van der Waals surface area contributed by atoms with Gasteiger partial charge in [0, 0.05) is 6.42 Å². The Morgan fingerprint density at radius 2 is 0.778 bits per heavy atom. The van der Waals surface area contributed by atoms with E-state index in [0.29, 0.717) is 6.42 Å². The summed E-state index contributed by atoms with van der Waals surface area (Å²) in [4.78, 5) is 13.1. The van der Waals surface area contributed by atoms with Crippen LogP contribution in [0.25, 0.3) is 0 Å². The average Bonchev–Trinajstić information content (AvgIpc) is 3.49. The molecule has 0 aliphatic carbocycles. The first-order chi connectivity index (χ1) is 39.8. The van der Waals surface area contributed by atoms with Gasteiger partial charge in [0.2, 0.25) is 5.91 Å². The van der Waals surface area contributed by atoms with Gasteiger partial charge in [0.1, 0.15) is 24.4 Å². The number of hydrogen-bond acceptors (Lipinski definition) is 8. The minimum Gasteiger partial charge on any atom is -0.394 e. The molecule has 0 saturated carbocycles. The number of carbonyl (C=O) groups is 1. The van der Waals surface area contributed by atoms with E-state index in [1.807, 2.05) is 6.08 Å². The van der Waals surface area contributed by atoms with E-state index in [0.717, 1.165) is 83.5 Å². The molecule has 0 aromatic heterocycles. The van der Waals surface area contributed by atoms with Crippen LogP contribution in [0.2, 0.25) is 0 Å². The molecular weight excluding hydrogens is 1010 g/mol. The molecule has 6 N–H and O–H groups in total. The fraction of sp³-hybridized carbons (Fsp3) is 0.736. The molecule has 7 atom stereocenters. The van der Waals surface area contributed by atoms with Gasteiger partial charge in [-0.15, -0.1) is 0 Å². The van der Waals surface area contributed by atoms with Gasteiger partial charge in [-0.3, -0.25) is 4.79 Å². The third-order valence-electron chi connectivity index (χ3n) is 15.3. The zero-order valence-corrected chi connectivity index (χ0v) is 52.0. The van der Waals surface area contributed by atoms with Crippen molar-refractivity contribution in [2.45, 2.75) is 326 Å². The number of carbonyl (C=O) groups excluding carboxylic acids is 1. The molecule has 1 saturated heterocycles. The minimum atomic E-state index is -1.58. The summed E-state index contributed by atoms with van der Waals surface area (Å²) in [6, 6.07) is -0.826. The van der Waals surface area contributed by atoms with Crippen molar-refractivity contribution in [2.24, 2.45) is 0 Å². The number of rotatable bonds is 57. The molecule has 7 unspecified atom stereocenters. The maximum atomic E-state index is 13.1. The van der Waals surface area contributed by atoms with E-state index >= 15 is 0 Å². The number of nitrogens with one attached hydrogen (secondary N) is 1. The largest absolute Gasteiger partial charge is 0.394 e. The Morgan fingerprint density at radius 3 is 1.19 bits per heavy atom. The van der Waals surface area contributed by atoms with Crippen LogP contribution < -0.4 is 5.32 Å². The third kappa shape index (κ3) is 48.9. The van der Waals surface area contributed by atoms with Crippen LogP contribution in [0.3, 0.4) is 0 Å². The predicted molar refractivity (Wildman–Crippen MR) is 345 cm³/mol. The average molecular weight is 1130 g/mol. The minimum absolute atomic E-state index is 0.186. The standard InChI is InChI=1S/C72H125NO8/c1-3-5-7-9-11-13-15-17-19-21-22-23-24-25-26-27-28-29-30-31-32-33-34-35-36-37-38-39-40-41-42-43-44-46-48-50-52-54-56-58-60-62-68(76)73-65(64-80-72-71(79)70(78)69(77)67(63-74)81-72)66(75)61-59-57-55-53-51-49-47-45-20-18-16-14-12-10-8-6-4-2/h5,7,11,13,17,19,22-23,25-26,28-29,31-32,51,53,59,61,65-67,69-72,74-75,77-79H,3-4,6,8-10,12,14-16,18,20-21,24,27,30,33-50,52,54-58,60,62-64H2,1-2H3,(H,73,76)/b7-5-,13-11-,19-17-,23-22-,26-25-,29-28-,32-31-,53-51+,61-59+. The van der Waals surface area contributed by atoms with Crippen LogP contribution >= 0.6 is 0 Å². The lowest BCUT2D eigenvalue weighted by Gasteiger charge is -2.40. The van der Waals surface area contributed by atoms with E-state index in [-0.39, 0.29) is 12.5 Å². The summed E-state index contributed by atoms with van der Waals surface area (Å²) in [6.07, 6.45) is 81.9. The molecule has 1 rings (SSSR count). The second kappa shape index (κ2) is 60.0. The molecular formula is C72H125NO8. The molecule has 1 amide bonds. The number of allylic oxidation sites excluding steroid dienone is 17. The molecule has 1 heterocycles. The van der Waals surface area contributed by atoms with E-state index in [9.17, 15) is 30.3 Å². The van der Waals surface area contributed by atoms with E-state index in [4.69, 9.17) is 9.47 Å². The molecule has 81 heavy (non-hydrogen) atoms. The van der Waals surface area contributed by atoms with Crippen LogP contribution in [0.1, 0.15) is 284 Å². The lowest BCUT2D eigenvalue weighted by atomic mass is 9.99. The molecule has 9 heteroatoms. The summed E-state index contributed by atoms with van der Waals surface area (Å²) in [6.45, 7) is 3.66. The Labute approximate surface area is 497 Å². The van der Waals surface area contributed by atoms with Crippen LogP contribution in [-0.2, 0) is 14.3 Å². The molecule has 0 aromatic rings. The molecule has 1 fully saturated rings. The summed E-state index contributed by atoms with van der Waals surface area (Å²) in [7, 11) is 0. The van der Waals surface area contributed by atoms with E-state index in [2.05, 4.69) is 116 Å². The lowest BCUT2D eigenvalue weighted by molar-refractivity contribution is -0.302. The van der Waals surface area contributed by atoms with Crippen molar-refractivity contribution < 1.29 is 39.8 Å². The van der Waals surface area contributed by atoms with Gasteiger partial charge in [-0.05, 0) is 89.9 Å². The van der Waals surface area contributed by atoms with Crippen LogP contribution in [0.4, 0.5) is 0 Å². The summed E-state index contributed by atoms with van der Waals surface area (Å²) in [5.41, 5.74) is 0. The molecule has 0 bridgehead atoms. The SMILES string of the molecule is CC/C=C\C/C=C\C/C=C\C/C=C\C/C=C\C/C=C\C/C=C\CCCCCCCCCCCCCCCCCCCCCC(=O)NC(COC1OC(CO)C(O)C(O)C1O)C(O)/C=C/CC/C=C/CCCCCCCCCCCCC. The first-order valence-electron chi connectivity index (χ1n) is 33.6. The monoisotopic (exact) mass is 1130 g/mol. The van der Waals surface area contributed by atoms with Gasteiger partial charge >= 0.3 is 0 Å². The first kappa shape index (κ1) is 75.9. The number of unbranched alkanes of at least 4 members (excludes halogenated alkanes) is 31. The summed E-state index contributed by atoms with van der Waals surface area (Å²) < 4.78 is 11.3. The van der Waals surface area contributed by atoms with Crippen molar-refractivity contribution in [3.05, 3.63) is 109 Å². The number of ether oxygens (including phenoxy) is 2. The number of aliphatic hydroxyl groups is 5. The molecule has 0 radical (unpaired) electrons. The highest BCUT2D eigenvalue weighted by atomic mass is 16.7. The maximum absolute atomic E-state index is 13.1. The van der Waals surface area contributed by atoms with Crippen LogP contribution in [-0.4, -0.2) is 87.5 Å². The molecule has 1 aliphatic heterocycles. The number of hydrogen-bond donors (Lipinski definition) is 6. The molecule has 466 valence electrons. The van der Waals surface area contributed by atoms with Gasteiger partial charge < -0.3 is 40.3 Å². The van der Waals surface area contributed by atoms with Gasteiger partial charge in [0.05, 0.1) is 25.4 Å². The van der Waals surface area contributed by atoms with Crippen molar-refractivity contribution in [3.8, 4) is 0 Å². The second-order valence-electron chi connectivity index (χ2n) is 22.9. The van der Waals surface area contributed by atoms with E-state index in [1.54, 1.807) is 6.08 Å². The van der Waals surface area contributed by atoms with Crippen molar-refractivity contribution in [1.29, 1.82) is 0 Å². The van der Waals surface area contributed by atoms with Crippen LogP contribution in [0.15, 0.2) is 109 Å². The van der Waals surface area contributed by atoms with Crippen LogP contribution in [0, 0.1) is 0 Å². The zero-order valence-electron chi connectivity index (χ0n) is 52.0. The smallest absolute Gasteiger partial charge is 0.220 e. The third-order valence-corrected chi connectivity index (χ3v) is 15.3. The zero-order chi connectivity index (χ0) is 58.6. The van der Waals surface area contributed by atoms with Gasteiger partial charge in [-0.1, -0.05) is 297 Å². The second-order valence-corrected chi connectivity index (χ2v) is 22.9. The van der Waals surface area contributed by atoms with Crippen molar-refractivity contribution in [2.75, 3.05) is 13.2 Å². The predicted octanol–water partition coefficient (Wildman–Crippen LogP) is 18.1. The molecule has 0 aromatic carbocycles. The molecule has 9 nitrogen and oxygen atoms in total. The van der Waals surface area contributed by atoms with Gasteiger partial charge in [0.25, 0.3) is 0 Å². The highest BCUT2D eigenvalue weighted by molar-refractivity contribution is 5.76. The Kier molecular flexibility index (Phi) is 56.2. The highest BCUT2D eigenvalue weighted by Crippen LogP contribution is 2.23. The fourth-order valence-electron chi connectivity index (χ4n) is 10.1. The Morgan fingerprint density at radius 1 is 0.432 bits per heavy atom. The summed E-state index contributed by atoms with van der Waals surface area (Å²) in [5, 5.41) is 54.6. The molecule has 1 aliphatic rings. The Hall–Kier alpha value is -3.15. The maximum Gasteiger partial charge on any atom is 0.220 e. The Balaban J connectivity index is 2.09. The summed E-state index contributed by atoms with van der Waals surface area (Å²) in [5.74, 6) is -0.186. The van der Waals surface area contributed by atoms with Gasteiger partial charge in [-0.2, -0.15) is 0 Å². The van der Waals surface area contributed by atoms with Crippen molar-refractivity contribution in [1.82, 2.24) is 5.32 Å². The first-order valence-corrected chi connectivity index (χ1v) is 33.6. The van der Waals surface area contributed by atoms with E-state index in [1.165, 1.54) is 180 Å². The highest BCUT2D eigenvalue weighted by Gasteiger charge is 2.44. The normalized spacial score (nSPS) is 19.1. The van der Waals surface area contributed by atoms with Gasteiger partial charge in [0.15, 0.2) is 6.29 Å². The van der Waals surface area contributed by atoms with Crippen molar-refractivity contribution in [3.63, 3.8) is 0 Å². The topological polar surface area (TPSA) is 149 Å². The Bertz CT molecular complexity index is 1640. The summed E-state index contributed by atoms with van der Waals surface area (Å²) >= 11 is 0. The number of amides is 1. The number of aliphatic hydroxyl groups excluding tert-OH is 5. The molecule has 0 spiro atoms. The van der Waals surface area contributed by atoms with Crippen molar-refractivity contribution >= 4 is 5.91 Å².